The summed E-state index contributed by atoms with van der Waals surface area (Å²) >= 11 is 0. The molecule has 1 unspecified atom stereocenters. The van der Waals surface area contributed by atoms with Crippen LogP contribution in [0.4, 0.5) is 22.0 Å². The van der Waals surface area contributed by atoms with Crippen molar-refractivity contribution in [2.75, 3.05) is 0 Å². The predicted molar refractivity (Wildman–Crippen MR) is 76.7 cm³/mol. The number of hydrogen-bond acceptors (Lipinski definition) is 6. The molecule has 0 bridgehead atoms. The van der Waals surface area contributed by atoms with E-state index in [1.54, 1.807) is 12.1 Å². The van der Waals surface area contributed by atoms with E-state index in [-0.39, 0.29) is 5.39 Å². The number of rotatable bonds is 5. The Hall–Kier alpha value is -1.83. The molecule has 2 rings (SSSR count). The minimum Gasteiger partial charge on any atom is -0.743 e. The lowest BCUT2D eigenvalue weighted by Gasteiger charge is -2.29. The Morgan fingerprint density at radius 2 is 1.42 bits per heavy atom. The Morgan fingerprint density at radius 1 is 0.885 bits per heavy atom. The van der Waals surface area contributed by atoms with Gasteiger partial charge in [-0.25, -0.2) is 12.6 Å². The summed E-state index contributed by atoms with van der Waals surface area (Å²) in [5.41, 5.74) is 0. The van der Waals surface area contributed by atoms with Crippen molar-refractivity contribution in [1.82, 2.24) is 0 Å². The third-order valence-electron chi connectivity index (χ3n) is 3.17. The molecule has 0 aliphatic heterocycles. The first-order valence-corrected chi connectivity index (χ1v) is 9.30. The molecule has 0 saturated heterocycles. The van der Waals surface area contributed by atoms with Gasteiger partial charge in [-0.1, -0.05) is 30.3 Å². The molecule has 26 heavy (non-hydrogen) atoms. The SMILES string of the molecule is O=S(=O)(OC(C(F)(F)F)C(F)(F)S(=O)(=O)[O-])c1ccc2ccccc2c1. The molecule has 2 aromatic rings. The Bertz CT molecular complexity index is 1030. The smallest absolute Gasteiger partial charge is 0.423 e. The van der Waals surface area contributed by atoms with Crippen molar-refractivity contribution < 1.29 is 47.5 Å². The summed E-state index contributed by atoms with van der Waals surface area (Å²) < 4.78 is 124. The largest absolute Gasteiger partial charge is 0.743 e. The summed E-state index contributed by atoms with van der Waals surface area (Å²) in [5.74, 6) is 0. The lowest BCUT2D eigenvalue weighted by atomic mass is 10.1. The van der Waals surface area contributed by atoms with Crippen molar-refractivity contribution >= 4 is 31.0 Å². The summed E-state index contributed by atoms with van der Waals surface area (Å²) in [4.78, 5) is -0.926. The van der Waals surface area contributed by atoms with Gasteiger partial charge in [0.1, 0.15) is 0 Å². The average Bonchev–Trinajstić information content (AvgIpc) is 2.50. The molecular formula is C13H8F5O6S2-. The zero-order valence-corrected chi connectivity index (χ0v) is 13.9. The van der Waals surface area contributed by atoms with E-state index in [2.05, 4.69) is 4.18 Å². The fraction of sp³-hybridized carbons (Fsp3) is 0.231. The van der Waals surface area contributed by atoms with E-state index in [4.69, 9.17) is 0 Å². The number of benzene rings is 2. The number of alkyl halides is 5. The Balaban J connectivity index is 2.52. The van der Waals surface area contributed by atoms with Crippen LogP contribution in [0.2, 0.25) is 0 Å². The molecule has 6 nitrogen and oxygen atoms in total. The number of hydrogen-bond donors (Lipinski definition) is 0. The molecular weight excluding hydrogens is 411 g/mol. The second kappa shape index (κ2) is 6.40. The normalized spacial score (nSPS) is 15.2. The maximum Gasteiger partial charge on any atom is 0.423 e. The fourth-order valence-electron chi connectivity index (χ4n) is 1.94. The van der Waals surface area contributed by atoms with Crippen molar-refractivity contribution in [2.45, 2.75) is 22.4 Å². The lowest BCUT2D eigenvalue weighted by molar-refractivity contribution is -0.238. The lowest BCUT2D eigenvalue weighted by Crippen LogP contribution is -2.52. The van der Waals surface area contributed by atoms with Gasteiger partial charge in [0.2, 0.25) is 6.10 Å². The molecule has 0 radical (unpaired) electrons. The first-order valence-electron chi connectivity index (χ1n) is 6.48. The predicted octanol–water partition coefficient (Wildman–Crippen LogP) is 2.61. The van der Waals surface area contributed by atoms with E-state index in [0.29, 0.717) is 5.39 Å². The topological polar surface area (TPSA) is 101 Å². The zero-order chi connectivity index (χ0) is 20.0. The summed E-state index contributed by atoms with van der Waals surface area (Å²) in [6.07, 6.45) is -10.9. The monoisotopic (exact) mass is 419 g/mol. The first kappa shape index (κ1) is 20.5. The third-order valence-corrected chi connectivity index (χ3v) is 5.33. The fourth-order valence-corrected chi connectivity index (χ4v) is 3.54. The Morgan fingerprint density at radius 3 is 1.92 bits per heavy atom. The van der Waals surface area contributed by atoms with Gasteiger partial charge < -0.3 is 4.55 Å². The van der Waals surface area contributed by atoms with Gasteiger partial charge in [0.05, 0.1) is 4.90 Å². The van der Waals surface area contributed by atoms with Crippen molar-refractivity contribution in [3.8, 4) is 0 Å². The van der Waals surface area contributed by atoms with Crippen LogP contribution in [0.3, 0.4) is 0 Å². The summed E-state index contributed by atoms with van der Waals surface area (Å²) in [6, 6.07) is 8.83. The van der Waals surface area contributed by atoms with Gasteiger partial charge in [-0.3, -0.25) is 0 Å². The Labute approximate surface area is 144 Å². The van der Waals surface area contributed by atoms with Crippen molar-refractivity contribution in [1.29, 1.82) is 0 Å². The van der Waals surface area contributed by atoms with Crippen LogP contribution in [-0.2, 0) is 24.4 Å². The van der Waals surface area contributed by atoms with Crippen LogP contribution in [0, 0.1) is 0 Å². The highest BCUT2D eigenvalue weighted by Gasteiger charge is 2.63. The van der Waals surface area contributed by atoms with Crippen molar-refractivity contribution in [2.24, 2.45) is 0 Å². The molecule has 0 fully saturated rings. The van der Waals surface area contributed by atoms with E-state index in [9.17, 15) is 43.3 Å². The second-order valence-electron chi connectivity index (χ2n) is 5.00. The van der Waals surface area contributed by atoms with E-state index >= 15 is 0 Å². The van der Waals surface area contributed by atoms with Crippen molar-refractivity contribution in [3.05, 3.63) is 42.5 Å². The summed E-state index contributed by atoms with van der Waals surface area (Å²) in [7, 11) is -12.3. The molecule has 2 aromatic carbocycles. The number of fused-ring (bicyclic) bond motifs is 1. The molecule has 0 heterocycles. The van der Waals surface area contributed by atoms with Gasteiger partial charge >= 0.3 is 11.4 Å². The minimum absolute atomic E-state index is 0.240. The minimum atomic E-state index is -6.87. The van der Waals surface area contributed by atoms with Gasteiger partial charge in [0, 0.05) is 0 Å². The van der Waals surface area contributed by atoms with Crippen LogP contribution in [0.25, 0.3) is 10.8 Å². The zero-order valence-electron chi connectivity index (χ0n) is 12.3. The maximum atomic E-state index is 13.4. The molecule has 1 atom stereocenters. The van der Waals surface area contributed by atoms with E-state index in [1.807, 2.05) is 0 Å². The van der Waals surface area contributed by atoms with Gasteiger partial charge in [0.15, 0.2) is 10.1 Å². The quantitative estimate of drug-likeness (QED) is 0.420. The van der Waals surface area contributed by atoms with Gasteiger partial charge in [-0.2, -0.15) is 30.4 Å². The Kier molecular flexibility index (Phi) is 5.04. The second-order valence-corrected chi connectivity index (χ2v) is 8.02. The first-order chi connectivity index (χ1) is 11.7. The molecule has 13 heteroatoms. The van der Waals surface area contributed by atoms with Crippen LogP contribution in [0.1, 0.15) is 0 Å². The van der Waals surface area contributed by atoms with Crippen LogP contribution in [-0.4, -0.2) is 38.9 Å². The van der Waals surface area contributed by atoms with Crippen LogP contribution >= 0.6 is 0 Å². The van der Waals surface area contributed by atoms with E-state index in [1.165, 1.54) is 18.2 Å². The maximum absolute atomic E-state index is 13.4. The summed E-state index contributed by atoms with van der Waals surface area (Å²) in [5, 5.41) is -5.33. The molecule has 0 N–H and O–H groups in total. The number of halogens is 5. The molecule has 0 aliphatic rings. The van der Waals surface area contributed by atoms with Gasteiger partial charge in [-0.15, -0.1) is 0 Å². The third kappa shape index (κ3) is 3.95. The molecule has 0 saturated carbocycles. The molecule has 0 spiro atoms. The average molecular weight is 419 g/mol. The standard InChI is InChI=1S/C13H9F5O6S2/c14-12(15,16)11(13(17,18)26(21,22)23)24-25(19,20)10-6-5-8-3-1-2-4-9(8)7-10/h1-7,11H,(H,21,22,23)/p-1. The molecule has 144 valence electrons. The summed E-state index contributed by atoms with van der Waals surface area (Å²) in [6.45, 7) is 0. The molecule has 0 aliphatic carbocycles. The molecule has 0 amide bonds. The van der Waals surface area contributed by atoms with Crippen LogP contribution in [0.5, 0.6) is 0 Å². The highest BCUT2D eigenvalue weighted by molar-refractivity contribution is 7.87. The van der Waals surface area contributed by atoms with E-state index < -0.39 is 42.7 Å². The van der Waals surface area contributed by atoms with Crippen molar-refractivity contribution in [3.63, 3.8) is 0 Å². The van der Waals surface area contributed by atoms with Crippen LogP contribution < -0.4 is 0 Å². The molecule has 0 aromatic heterocycles. The van der Waals surface area contributed by atoms with Gasteiger partial charge in [0.25, 0.3) is 10.1 Å². The highest BCUT2D eigenvalue weighted by Crippen LogP contribution is 2.39. The van der Waals surface area contributed by atoms with E-state index in [0.717, 1.165) is 12.1 Å². The van der Waals surface area contributed by atoms with Crippen LogP contribution in [0.15, 0.2) is 47.4 Å². The van der Waals surface area contributed by atoms with Gasteiger partial charge in [-0.05, 0) is 22.9 Å². The highest BCUT2D eigenvalue weighted by atomic mass is 32.2.